The van der Waals surface area contributed by atoms with Crippen LogP contribution in [0.1, 0.15) is 16.4 Å². The number of aromatic nitrogens is 3. The molecule has 0 unspecified atom stereocenters. The first kappa shape index (κ1) is 15.2. The van der Waals surface area contributed by atoms with E-state index in [1.165, 1.54) is 0 Å². The standard InChI is InChI=1S/C15H21N5OS/c1-11-8-13(19(3)9-14-16-12(2)10-22-14)18-15(17-11)20-4-6-21-7-5-20/h8,10H,4-7,9H2,1-3H3. The number of rotatable bonds is 4. The van der Waals surface area contributed by atoms with Crippen molar-refractivity contribution in [1.82, 2.24) is 15.0 Å². The Morgan fingerprint density at radius 2 is 1.95 bits per heavy atom. The molecule has 0 N–H and O–H groups in total. The molecule has 3 rings (SSSR count). The Morgan fingerprint density at radius 3 is 2.64 bits per heavy atom. The third kappa shape index (κ3) is 3.53. The Morgan fingerprint density at radius 1 is 1.18 bits per heavy atom. The van der Waals surface area contributed by atoms with Gasteiger partial charge >= 0.3 is 0 Å². The Hall–Kier alpha value is -1.73. The monoisotopic (exact) mass is 319 g/mol. The lowest BCUT2D eigenvalue weighted by atomic mass is 10.4. The van der Waals surface area contributed by atoms with Crippen LogP contribution in [0.15, 0.2) is 11.4 Å². The maximum Gasteiger partial charge on any atom is 0.227 e. The second-order valence-electron chi connectivity index (χ2n) is 5.51. The summed E-state index contributed by atoms with van der Waals surface area (Å²) in [6, 6.07) is 2.02. The Labute approximate surface area is 134 Å². The van der Waals surface area contributed by atoms with Crippen LogP contribution in [0.2, 0.25) is 0 Å². The van der Waals surface area contributed by atoms with E-state index in [-0.39, 0.29) is 0 Å². The van der Waals surface area contributed by atoms with Crippen LogP contribution in [0, 0.1) is 13.8 Å². The molecule has 1 aliphatic rings. The number of morpholine rings is 1. The Kier molecular flexibility index (Phi) is 4.54. The summed E-state index contributed by atoms with van der Waals surface area (Å²) < 4.78 is 5.40. The molecule has 1 aliphatic heterocycles. The number of ether oxygens (including phenoxy) is 1. The van der Waals surface area contributed by atoms with Gasteiger partial charge in [0, 0.05) is 43.0 Å². The van der Waals surface area contributed by atoms with Crippen molar-refractivity contribution in [3.63, 3.8) is 0 Å². The number of hydrogen-bond donors (Lipinski definition) is 0. The van der Waals surface area contributed by atoms with Crippen molar-refractivity contribution in [3.05, 3.63) is 27.8 Å². The van der Waals surface area contributed by atoms with Gasteiger partial charge in [0.05, 0.1) is 19.8 Å². The van der Waals surface area contributed by atoms with E-state index in [1.54, 1.807) is 11.3 Å². The number of nitrogens with zero attached hydrogens (tertiary/aromatic N) is 5. The van der Waals surface area contributed by atoms with Gasteiger partial charge in [-0.3, -0.25) is 0 Å². The highest BCUT2D eigenvalue weighted by Gasteiger charge is 2.16. The predicted octanol–water partition coefficient (Wildman–Crippen LogP) is 2.02. The predicted molar refractivity (Wildman–Crippen MR) is 88.8 cm³/mol. The van der Waals surface area contributed by atoms with Gasteiger partial charge in [-0.1, -0.05) is 0 Å². The van der Waals surface area contributed by atoms with Crippen LogP contribution in [0.3, 0.4) is 0 Å². The lowest BCUT2D eigenvalue weighted by Gasteiger charge is -2.28. The molecule has 0 saturated carbocycles. The summed E-state index contributed by atoms with van der Waals surface area (Å²) in [5.74, 6) is 1.72. The number of hydrogen-bond acceptors (Lipinski definition) is 7. The van der Waals surface area contributed by atoms with Crippen LogP contribution in [0.5, 0.6) is 0 Å². The van der Waals surface area contributed by atoms with E-state index in [1.807, 2.05) is 27.0 Å². The van der Waals surface area contributed by atoms with E-state index in [0.717, 1.165) is 61.0 Å². The van der Waals surface area contributed by atoms with Crippen LogP contribution >= 0.6 is 11.3 Å². The summed E-state index contributed by atoms with van der Waals surface area (Å²) >= 11 is 1.69. The summed E-state index contributed by atoms with van der Waals surface area (Å²) in [7, 11) is 2.04. The molecule has 0 amide bonds. The summed E-state index contributed by atoms with van der Waals surface area (Å²) in [6.07, 6.45) is 0. The molecule has 6 nitrogen and oxygen atoms in total. The molecule has 2 aromatic heterocycles. The maximum atomic E-state index is 5.40. The van der Waals surface area contributed by atoms with Crippen LogP contribution in [0.4, 0.5) is 11.8 Å². The molecule has 0 aromatic carbocycles. The van der Waals surface area contributed by atoms with Crippen molar-refractivity contribution < 1.29 is 4.74 Å². The van der Waals surface area contributed by atoms with Crippen molar-refractivity contribution in [2.75, 3.05) is 43.2 Å². The molecule has 0 bridgehead atoms. The zero-order valence-electron chi connectivity index (χ0n) is 13.2. The number of anilines is 2. The zero-order chi connectivity index (χ0) is 15.5. The molecule has 2 aromatic rings. The smallest absolute Gasteiger partial charge is 0.227 e. The van der Waals surface area contributed by atoms with Gasteiger partial charge in [0.1, 0.15) is 10.8 Å². The highest BCUT2D eigenvalue weighted by atomic mass is 32.1. The zero-order valence-corrected chi connectivity index (χ0v) is 14.1. The van der Waals surface area contributed by atoms with Crippen LogP contribution in [-0.2, 0) is 11.3 Å². The molecule has 1 saturated heterocycles. The lowest BCUT2D eigenvalue weighted by Crippen LogP contribution is -2.37. The van der Waals surface area contributed by atoms with Crippen LogP contribution < -0.4 is 9.80 Å². The topological polar surface area (TPSA) is 54.4 Å². The first-order valence-corrected chi connectivity index (χ1v) is 8.30. The summed E-state index contributed by atoms with van der Waals surface area (Å²) in [5, 5.41) is 3.18. The second-order valence-corrected chi connectivity index (χ2v) is 6.45. The average Bonchev–Trinajstić information content (AvgIpc) is 2.92. The highest BCUT2D eigenvalue weighted by molar-refractivity contribution is 7.09. The quantitative estimate of drug-likeness (QED) is 0.859. The second kappa shape index (κ2) is 6.58. The summed E-state index contributed by atoms with van der Waals surface area (Å²) in [6.45, 7) is 7.96. The highest BCUT2D eigenvalue weighted by Crippen LogP contribution is 2.20. The van der Waals surface area contributed by atoms with E-state index in [2.05, 4.69) is 25.1 Å². The fourth-order valence-corrected chi connectivity index (χ4v) is 3.22. The SMILES string of the molecule is Cc1cc(N(C)Cc2nc(C)cs2)nc(N2CCOCC2)n1. The van der Waals surface area contributed by atoms with Gasteiger partial charge in [0.2, 0.25) is 5.95 Å². The minimum Gasteiger partial charge on any atom is -0.378 e. The van der Waals surface area contributed by atoms with Gasteiger partial charge in [-0.05, 0) is 13.8 Å². The minimum atomic E-state index is 0.737. The van der Waals surface area contributed by atoms with Crippen molar-refractivity contribution in [2.24, 2.45) is 0 Å². The molecule has 22 heavy (non-hydrogen) atoms. The Balaban J connectivity index is 1.78. The Bertz CT molecular complexity index is 639. The third-order valence-electron chi connectivity index (χ3n) is 3.55. The van der Waals surface area contributed by atoms with Crippen molar-refractivity contribution >= 4 is 23.1 Å². The molecular formula is C15H21N5OS. The van der Waals surface area contributed by atoms with Crippen molar-refractivity contribution in [1.29, 1.82) is 0 Å². The summed E-state index contributed by atoms with van der Waals surface area (Å²) in [4.78, 5) is 18.1. The van der Waals surface area contributed by atoms with Gasteiger partial charge in [-0.2, -0.15) is 4.98 Å². The first-order valence-electron chi connectivity index (χ1n) is 7.42. The molecule has 0 atom stereocenters. The normalized spacial score (nSPS) is 15.1. The number of aryl methyl sites for hydroxylation is 2. The van der Waals surface area contributed by atoms with E-state index in [0.29, 0.717) is 0 Å². The van der Waals surface area contributed by atoms with E-state index >= 15 is 0 Å². The molecule has 0 radical (unpaired) electrons. The van der Waals surface area contributed by atoms with Crippen LogP contribution in [0.25, 0.3) is 0 Å². The fraction of sp³-hybridized carbons (Fsp3) is 0.533. The van der Waals surface area contributed by atoms with Crippen molar-refractivity contribution in [2.45, 2.75) is 20.4 Å². The molecule has 3 heterocycles. The van der Waals surface area contributed by atoms with Gasteiger partial charge in [-0.15, -0.1) is 11.3 Å². The molecule has 0 aliphatic carbocycles. The molecule has 7 heteroatoms. The lowest BCUT2D eigenvalue weighted by molar-refractivity contribution is 0.122. The van der Waals surface area contributed by atoms with Gasteiger partial charge in [0.15, 0.2) is 0 Å². The molecule has 1 fully saturated rings. The molecule has 0 spiro atoms. The minimum absolute atomic E-state index is 0.737. The largest absolute Gasteiger partial charge is 0.378 e. The fourth-order valence-electron chi connectivity index (χ4n) is 2.40. The van der Waals surface area contributed by atoms with Gasteiger partial charge in [0.25, 0.3) is 0 Å². The van der Waals surface area contributed by atoms with Crippen LogP contribution in [-0.4, -0.2) is 48.3 Å². The van der Waals surface area contributed by atoms with E-state index in [4.69, 9.17) is 9.72 Å². The number of thiazole rings is 1. The van der Waals surface area contributed by atoms with E-state index in [9.17, 15) is 0 Å². The third-order valence-corrected chi connectivity index (χ3v) is 4.50. The van der Waals surface area contributed by atoms with Crippen molar-refractivity contribution in [3.8, 4) is 0 Å². The average molecular weight is 319 g/mol. The maximum absolute atomic E-state index is 5.40. The summed E-state index contributed by atoms with van der Waals surface area (Å²) in [5.41, 5.74) is 2.05. The van der Waals surface area contributed by atoms with Gasteiger partial charge < -0.3 is 14.5 Å². The molecular weight excluding hydrogens is 298 g/mol. The first-order chi connectivity index (χ1) is 10.6. The van der Waals surface area contributed by atoms with Gasteiger partial charge in [-0.25, -0.2) is 9.97 Å². The molecule has 118 valence electrons. The van der Waals surface area contributed by atoms with E-state index < -0.39 is 0 Å².